The van der Waals surface area contributed by atoms with Crippen molar-refractivity contribution in [1.82, 2.24) is 4.90 Å². The number of hydrogen-bond donors (Lipinski definition) is 0. The van der Waals surface area contributed by atoms with E-state index in [1.165, 1.54) is 13.5 Å². The topological polar surface area (TPSA) is 68.3 Å². The Morgan fingerprint density at radius 2 is 1.88 bits per heavy atom. The first-order valence-electron chi connectivity index (χ1n) is 11.2. The van der Waals surface area contributed by atoms with Gasteiger partial charge < -0.3 is 24.0 Å². The van der Waals surface area contributed by atoms with Crippen molar-refractivity contribution < 1.29 is 23.8 Å². The number of halogens is 1. The minimum atomic E-state index is -1.84. The molecule has 0 spiro atoms. The van der Waals surface area contributed by atoms with Crippen molar-refractivity contribution >= 4 is 29.2 Å². The molecule has 0 N–H and O–H groups in total. The number of fused-ring (bicyclic) bond motifs is 1. The van der Waals surface area contributed by atoms with Crippen molar-refractivity contribution in [2.75, 3.05) is 45.3 Å². The van der Waals surface area contributed by atoms with E-state index in [0.717, 1.165) is 31.5 Å². The van der Waals surface area contributed by atoms with Crippen molar-refractivity contribution in [2.24, 2.45) is 0 Å². The lowest BCUT2D eigenvalue weighted by molar-refractivity contribution is -0.165. The minimum Gasteiger partial charge on any atom is -0.497 e. The molecule has 2 aromatic rings. The van der Waals surface area contributed by atoms with Crippen molar-refractivity contribution in [3.8, 4) is 11.5 Å². The van der Waals surface area contributed by atoms with Gasteiger partial charge in [0, 0.05) is 24.5 Å². The number of anilines is 1. The summed E-state index contributed by atoms with van der Waals surface area (Å²) in [7, 11) is 2.83. The lowest BCUT2D eigenvalue weighted by atomic mass is 9.90. The van der Waals surface area contributed by atoms with Gasteiger partial charge in [-0.25, -0.2) is 4.79 Å². The van der Waals surface area contributed by atoms with Gasteiger partial charge in [0.1, 0.15) is 11.5 Å². The molecule has 4 rings (SSSR count). The molecule has 2 heterocycles. The Balaban J connectivity index is 1.72. The van der Waals surface area contributed by atoms with Crippen LogP contribution in [0.4, 0.5) is 5.69 Å². The summed E-state index contributed by atoms with van der Waals surface area (Å²) in [6.07, 6.45) is 3.55. The molecule has 8 heteroatoms. The molecule has 2 aliphatic heterocycles. The molecule has 0 saturated carbocycles. The average Bonchev–Trinajstić information content (AvgIpc) is 2.84. The van der Waals surface area contributed by atoms with Crippen LogP contribution in [0.25, 0.3) is 0 Å². The first-order valence-corrected chi connectivity index (χ1v) is 11.6. The molecular formula is C25H29ClN2O5. The maximum atomic E-state index is 14.0. The Hall–Kier alpha value is -2.77. The number of amides is 1. The fourth-order valence-corrected chi connectivity index (χ4v) is 4.71. The fourth-order valence-electron chi connectivity index (χ4n) is 4.54. The third-order valence-electron chi connectivity index (χ3n) is 6.28. The fraction of sp³-hybridized carbons (Fsp3) is 0.440. The van der Waals surface area contributed by atoms with Gasteiger partial charge in [-0.2, -0.15) is 0 Å². The van der Waals surface area contributed by atoms with E-state index in [1.54, 1.807) is 42.3 Å². The Morgan fingerprint density at radius 3 is 2.61 bits per heavy atom. The maximum absolute atomic E-state index is 14.0. The number of likely N-dealkylation sites (tertiary alicyclic amines) is 1. The van der Waals surface area contributed by atoms with Crippen LogP contribution in [0.15, 0.2) is 42.5 Å². The van der Waals surface area contributed by atoms with Gasteiger partial charge in [0.05, 0.1) is 19.9 Å². The lowest BCUT2D eigenvalue weighted by Gasteiger charge is -2.41. The molecule has 1 fully saturated rings. The van der Waals surface area contributed by atoms with E-state index >= 15 is 0 Å². The van der Waals surface area contributed by atoms with E-state index in [2.05, 4.69) is 4.90 Å². The van der Waals surface area contributed by atoms with Gasteiger partial charge in [-0.05, 0) is 61.8 Å². The second kappa shape index (κ2) is 10.0. The molecule has 1 unspecified atom stereocenters. The van der Waals surface area contributed by atoms with Crippen molar-refractivity contribution in [3.05, 3.63) is 53.1 Å². The maximum Gasteiger partial charge on any atom is 0.360 e. The average molecular weight is 473 g/mol. The number of ether oxygens (including phenoxy) is 3. The van der Waals surface area contributed by atoms with Gasteiger partial charge in [0.15, 0.2) is 0 Å². The van der Waals surface area contributed by atoms with Gasteiger partial charge in [-0.15, -0.1) is 0 Å². The zero-order valence-electron chi connectivity index (χ0n) is 19.0. The summed E-state index contributed by atoms with van der Waals surface area (Å²) in [5.41, 5.74) is -0.555. The molecule has 0 aliphatic carbocycles. The minimum absolute atomic E-state index is 0.0119. The van der Waals surface area contributed by atoms with E-state index in [9.17, 15) is 9.59 Å². The standard InChI is InChI=1S/C25H29ClN2O5/c1-31-20-8-6-7-18(15-20)17-25(24(30)32-2)23(29)28(14-13-27-11-4-3-5-12-27)21-16-19(26)9-10-22(21)33-25/h6-10,15-16H,3-5,11-14,17H2,1-2H3. The van der Waals surface area contributed by atoms with Crippen LogP contribution in [-0.2, 0) is 20.7 Å². The second-order valence-corrected chi connectivity index (χ2v) is 8.86. The number of methoxy groups -OCH3 is 2. The molecule has 2 aromatic carbocycles. The number of carbonyl (C=O) groups is 2. The molecule has 0 aromatic heterocycles. The van der Waals surface area contributed by atoms with E-state index < -0.39 is 17.5 Å². The summed E-state index contributed by atoms with van der Waals surface area (Å²) >= 11 is 6.25. The highest BCUT2D eigenvalue weighted by Gasteiger charge is 2.55. The molecule has 1 amide bonds. The highest BCUT2D eigenvalue weighted by molar-refractivity contribution is 6.31. The number of nitrogens with zero attached hydrogens (tertiary/aromatic N) is 2. The SMILES string of the molecule is COC(=O)C1(Cc2cccc(OC)c2)Oc2ccc(Cl)cc2N(CCN2CCCCC2)C1=O. The van der Waals surface area contributed by atoms with Crippen LogP contribution in [0.5, 0.6) is 11.5 Å². The summed E-state index contributed by atoms with van der Waals surface area (Å²) in [6.45, 7) is 3.14. The van der Waals surface area contributed by atoms with Gasteiger partial charge in [0.25, 0.3) is 11.5 Å². The molecule has 176 valence electrons. The lowest BCUT2D eigenvalue weighted by Crippen LogP contribution is -2.63. The molecule has 0 bridgehead atoms. The normalized spacial score (nSPS) is 20.7. The summed E-state index contributed by atoms with van der Waals surface area (Å²) in [6, 6.07) is 12.3. The largest absolute Gasteiger partial charge is 0.497 e. The Morgan fingerprint density at radius 1 is 1.09 bits per heavy atom. The van der Waals surface area contributed by atoms with Crippen LogP contribution in [0.1, 0.15) is 24.8 Å². The van der Waals surface area contributed by atoms with Crippen molar-refractivity contribution in [1.29, 1.82) is 0 Å². The van der Waals surface area contributed by atoms with Crippen LogP contribution >= 0.6 is 11.6 Å². The number of benzene rings is 2. The molecule has 1 saturated heterocycles. The third kappa shape index (κ3) is 4.80. The number of hydrogen-bond acceptors (Lipinski definition) is 6. The molecule has 0 radical (unpaired) electrons. The van der Waals surface area contributed by atoms with Gasteiger partial charge >= 0.3 is 5.97 Å². The smallest absolute Gasteiger partial charge is 0.360 e. The van der Waals surface area contributed by atoms with Crippen LogP contribution < -0.4 is 14.4 Å². The van der Waals surface area contributed by atoms with Crippen molar-refractivity contribution in [3.63, 3.8) is 0 Å². The van der Waals surface area contributed by atoms with Crippen molar-refractivity contribution in [2.45, 2.75) is 31.3 Å². The van der Waals surface area contributed by atoms with Crippen LogP contribution in [0.2, 0.25) is 5.02 Å². The molecule has 1 atom stereocenters. The van der Waals surface area contributed by atoms with Crippen LogP contribution in [-0.4, -0.2) is 62.8 Å². The van der Waals surface area contributed by atoms with E-state index in [-0.39, 0.29) is 6.42 Å². The zero-order valence-corrected chi connectivity index (χ0v) is 19.8. The Bertz CT molecular complexity index is 1020. The summed E-state index contributed by atoms with van der Waals surface area (Å²) in [4.78, 5) is 31.1. The molecule has 2 aliphatic rings. The van der Waals surface area contributed by atoms with E-state index in [1.807, 2.05) is 12.1 Å². The van der Waals surface area contributed by atoms with Crippen LogP contribution in [0.3, 0.4) is 0 Å². The number of rotatable bonds is 7. The molecule has 33 heavy (non-hydrogen) atoms. The number of carbonyl (C=O) groups excluding carboxylic acids is 2. The number of piperidine rings is 1. The van der Waals surface area contributed by atoms with Gasteiger partial charge in [-0.1, -0.05) is 30.2 Å². The van der Waals surface area contributed by atoms with E-state index in [0.29, 0.717) is 35.3 Å². The monoisotopic (exact) mass is 472 g/mol. The second-order valence-electron chi connectivity index (χ2n) is 8.42. The highest BCUT2D eigenvalue weighted by atomic mass is 35.5. The summed E-state index contributed by atoms with van der Waals surface area (Å²) in [5.74, 6) is -0.140. The quantitative estimate of drug-likeness (QED) is 0.452. The highest BCUT2D eigenvalue weighted by Crippen LogP contribution is 2.41. The summed E-state index contributed by atoms with van der Waals surface area (Å²) in [5, 5.41) is 0.492. The Kier molecular flexibility index (Phi) is 7.10. The van der Waals surface area contributed by atoms with Crippen LogP contribution in [0, 0.1) is 0 Å². The summed E-state index contributed by atoms with van der Waals surface area (Å²) < 4.78 is 16.6. The predicted octanol–water partition coefficient (Wildman–Crippen LogP) is 3.71. The first kappa shape index (κ1) is 23.4. The zero-order chi connectivity index (χ0) is 23.4. The van der Waals surface area contributed by atoms with Gasteiger partial charge in [0.2, 0.25) is 0 Å². The Labute approximate surface area is 199 Å². The molecular weight excluding hydrogens is 444 g/mol. The molecule has 7 nitrogen and oxygen atoms in total. The number of esters is 1. The first-order chi connectivity index (χ1) is 16.0. The predicted molar refractivity (Wildman–Crippen MR) is 126 cm³/mol. The van der Waals surface area contributed by atoms with E-state index in [4.69, 9.17) is 25.8 Å². The third-order valence-corrected chi connectivity index (χ3v) is 6.51. The van der Waals surface area contributed by atoms with Gasteiger partial charge in [-0.3, -0.25) is 4.79 Å².